The maximum atomic E-state index is 13.5. The summed E-state index contributed by atoms with van der Waals surface area (Å²) in [5.74, 6) is 2.55. The normalized spacial score (nSPS) is 16.3. The lowest BCUT2D eigenvalue weighted by Crippen LogP contribution is -2.36. The molecular weight excluding hydrogens is 518 g/mol. The largest absolute Gasteiger partial charge is 0.493 e. The molecule has 2 heterocycles. The standard InChI is InChI=1S/C30H26BrNO4/c1-34-27-14-19-11-12-32(16-22(19)15-28(27)35-2)30(33)21-5-9-24-20(13-21)6-10-26-29(24)25(17-36-26)18-3-7-23(31)8-4-18/h3-10,13-15,25H,11-12,16-17H2,1-2H3. The summed E-state index contributed by atoms with van der Waals surface area (Å²) in [5, 5.41) is 2.19. The molecule has 0 radical (unpaired) electrons. The van der Waals surface area contributed by atoms with Crippen molar-refractivity contribution >= 4 is 32.6 Å². The number of hydrogen-bond acceptors (Lipinski definition) is 4. The molecule has 0 fully saturated rings. The number of hydrogen-bond donors (Lipinski definition) is 0. The van der Waals surface area contributed by atoms with Crippen LogP contribution in [0.1, 0.15) is 38.5 Å². The molecule has 4 aromatic carbocycles. The van der Waals surface area contributed by atoms with Gasteiger partial charge in [-0.05, 0) is 76.3 Å². The van der Waals surface area contributed by atoms with Gasteiger partial charge in [-0.25, -0.2) is 0 Å². The first kappa shape index (κ1) is 22.9. The SMILES string of the molecule is COc1cc2c(cc1OC)CN(C(=O)c1ccc3c4c(ccc3c1)OCC4c1ccc(Br)cc1)CC2. The molecule has 5 nitrogen and oxygen atoms in total. The van der Waals surface area contributed by atoms with E-state index in [2.05, 4.69) is 52.3 Å². The number of nitrogens with zero attached hydrogens (tertiary/aromatic N) is 1. The van der Waals surface area contributed by atoms with Crippen molar-refractivity contribution in [2.75, 3.05) is 27.4 Å². The average molecular weight is 544 g/mol. The summed E-state index contributed by atoms with van der Waals surface area (Å²) in [4.78, 5) is 15.4. The van der Waals surface area contributed by atoms with Crippen molar-refractivity contribution in [2.24, 2.45) is 0 Å². The van der Waals surface area contributed by atoms with Crippen molar-refractivity contribution in [1.29, 1.82) is 0 Å². The highest BCUT2D eigenvalue weighted by atomic mass is 79.9. The fourth-order valence-electron chi connectivity index (χ4n) is 5.41. The van der Waals surface area contributed by atoms with Crippen molar-refractivity contribution in [1.82, 2.24) is 4.90 Å². The molecule has 0 aromatic heterocycles. The van der Waals surface area contributed by atoms with Gasteiger partial charge in [0.25, 0.3) is 5.91 Å². The Morgan fingerprint density at radius 1 is 0.944 bits per heavy atom. The minimum Gasteiger partial charge on any atom is -0.493 e. The molecule has 4 aromatic rings. The summed E-state index contributed by atoms with van der Waals surface area (Å²) in [6.45, 7) is 1.84. The third-order valence-electron chi connectivity index (χ3n) is 7.30. The number of ether oxygens (including phenoxy) is 3. The zero-order chi connectivity index (χ0) is 24.8. The minimum atomic E-state index is 0.0403. The zero-order valence-corrected chi connectivity index (χ0v) is 21.8. The summed E-state index contributed by atoms with van der Waals surface area (Å²) in [5.41, 5.74) is 5.42. The van der Waals surface area contributed by atoms with Gasteiger partial charge in [-0.1, -0.05) is 40.2 Å². The third-order valence-corrected chi connectivity index (χ3v) is 7.83. The van der Waals surface area contributed by atoms with E-state index in [4.69, 9.17) is 14.2 Å². The molecule has 2 aliphatic rings. The predicted molar refractivity (Wildman–Crippen MR) is 143 cm³/mol. The Balaban J connectivity index is 1.30. The average Bonchev–Trinajstić information content (AvgIpc) is 3.36. The molecule has 0 saturated heterocycles. The van der Waals surface area contributed by atoms with Crippen molar-refractivity contribution in [2.45, 2.75) is 18.9 Å². The summed E-state index contributed by atoms with van der Waals surface area (Å²) >= 11 is 3.52. The molecule has 1 amide bonds. The van der Waals surface area contributed by atoms with Gasteiger partial charge in [-0.15, -0.1) is 0 Å². The first-order valence-corrected chi connectivity index (χ1v) is 12.8. The molecule has 0 spiro atoms. The van der Waals surface area contributed by atoms with Gasteiger partial charge >= 0.3 is 0 Å². The lowest BCUT2D eigenvalue weighted by molar-refractivity contribution is 0.0734. The first-order chi connectivity index (χ1) is 17.6. The van der Waals surface area contributed by atoms with Gasteiger partial charge in [0.1, 0.15) is 5.75 Å². The van der Waals surface area contributed by atoms with Gasteiger partial charge in [-0.2, -0.15) is 0 Å². The highest BCUT2D eigenvalue weighted by Crippen LogP contribution is 2.43. The van der Waals surface area contributed by atoms with E-state index in [0.717, 1.165) is 38.7 Å². The second kappa shape index (κ2) is 9.17. The fraction of sp³-hybridized carbons (Fsp3) is 0.233. The lowest BCUT2D eigenvalue weighted by atomic mass is 9.89. The van der Waals surface area contributed by atoms with Crippen LogP contribution in [-0.4, -0.2) is 38.2 Å². The summed E-state index contributed by atoms with van der Waals surface area (Å²) in [7, 11) is 3.28. The van der Waals surface area contributed by atoms with E-state index >= 15 is 0 Å². The fourth-order valence-corrected chi connectivity index (χ4v) is 5.67. The van der Waals surface area contributed by atoms with Crippen LogP contribution in [0, 0.1) is 0 Å². The summed E-state index contributed by atoms with van der Waals surface area (Å²) in [6.07, 6.45) is 0.786. The topological polar surface area (TPSA) is 48.0 Å². The molecule has 182 valence electrons. The summed E-state index contributed by atoms with van der Waals surface area (Å²) in [6, 6.07) is 22.6. The van der Waals surface area contributed by atoms with Crippen LogP contribution in [0.5, 0.6) is 17.2 Å². The van der Waals surface area contributed by atoms with Crippen LogP contribution in [0.25, 0.3) is 10.8 Å². The molecule has 0 saturated carbocycles. The Morgan fingerprint density at radius 2 is 1.69 bits per heavy atom. The molecule has 0 N–H and O–H groups in total. The van der Waals surface area contributed by atoms with Crippen LogP contribution in [0.4, 0.5) is 0 Å². The van der Waals surface area contributed by atoms with Gasteiger partial charge in [0.05, 0.1) is 20.8 Å². The number of amides is 1. The minimum absolute atomic E-state index is 0.0403. The molecule has 6 rings (SSSR count). The number of fused-ring (bicyclic) bond motifs is 4. The molecule has 1 unspecified atom stereocenters. The molecule has 2 aliphatic heterocycles. The molecule has 36 heavy (non-hydrogen) atoms. The van der Waals surface area contributed by atoms with E-state index in [1.807, 2.05) is 35.2 Å². The lowest BCUT2D eigenvalue weighted by Gasteiger charge is -2.30. The molecular formula is C30H26BrNO4. The maximum absolute atomic E-state index is 13.5. The molecule has 6 heteroatoms. The number of halogens is 1. The van der Waals surface area contributed by atoms with Gasteiger partial charge in [0, 0.05) is 34.6 Å². The van der Waals surface area contributed by atoms with Crippen molar-refractivity contribution in [3.05, 3.63) is 99.0 Å². The zero-order valence-electron chi connectivity index (χ0n) is 20.2. The van der Waals surface area contributed by atoms with Crippen LogP contribution in [0.3, 0.4) is 0 Å². The van der Waals surface area contributed by atoms with Crippen LogP contribution < -0.4 is 14.2 Å². The quantitative estimate of drug-likeness (QED) is 0.301. The summed E-state index contributed by atoms with van der Waals surface area (Å²) < 4.78 is 18.0. The Hall–Kier alpha value is -3.51. The van der Waals surface area contributed by atoms with Gasteiger partial charge < -0.3 is 19.1 Å². The third kappa shape index (κ3) is 3.90. The van der Waals surface area contributed by atoms with Gasteiger partial charge in [0.2, 0.25) is 0 Å². The van der Waals surface area contributed by atoms with E-state index in [1.54, 1.807) is 14.2 Å². The number of carbonyl (C=O) groups is 1. The smallest absolute Gasteiger partial charge is 0.254 e. The molecule has 1 atom stereocenters. The van der Waals surface area contributed by atoms with Crippen LogP contribution in [0.2, 0.25) is 0 Å². The number of benzene rings is 4. The monoisotopic (exact) mass is 543 g/mol. The van der Waals surface area contributed by atoms with Crippen molar-refractivity contribution in [3.63, 3.8) is 0 Å². The van der Waals surface area contributed by atoms with E-state index in [0.29, 0.717) is 31.0 Å². The van der Waals surface area contributed by atoms with E-state index in [-0.39, 0.29) is 11.8 Å². The van der Waals surface area contributed by atoms with Crippen LogP contribution >= 0.6 is 15.9 Å². The van der Waals surface area contributed by atoms with E-state index < -0.39 is 0 Å². The second-order valence-corrected chi connectivity index (χ2v) is 10.2. The van der Waals surface area contributed by atoms with E-state index in [1.165, 1.54) is 16.7 Å². The second-order valence-electron chi connectivity index (χ2n) is 9.28. The number of methoxy groups -OCH3 is 2. The Morgan fingerprint density at radius 3 is 2.44 bits per heavy atom. The van der Waals surface area contributed by atoms with Gasteiger partial charge in [-0.3, -0.25) is 4.79 Å². The Kier molecular flexibility index (Phi) is 5.84. The van der Waals surface area contributed by atoms with E-state index in [9.17, 15) is 4.79 Å². The first-order valence-electron chi connectivity index (χ1n) is 12.0. The predicted octanol–water partition coefficient (Wildman–Crippen LogP) is 6.34. The Bertz CT molecular complexity index is 1480. The molecule has 0 bridgehead atoms. The van der Waals surface area contributed by atoms with Crippen molar-refractivity contribution in [3.8, 4) is 17.2 Å². The van der Waals surface area contributed by atoms with Gasteiger partial charge in [0.15, 0.2) is 11.5 Å². The van der Waals surface area contributed by atoms with Crippen LogP contribution in [0.15, 0.2) is 71.2 Å². The number of rotatable bonds is 4. The maximum Gasteiger partial charge on any atom is 0.254 e. The van der Waals surface area contributed by atoms with Crippen molar-refractivity contribution < 1.29 is 19.0 Å². The highest BCUT2D eigenvalue weighted by molar-refractivity contribution is 9.10. The highest BCUT2D eigenvalue weighted by Gasteiger charge is 2.29. The van der Waals surface area contributed by atoms with Crippen LogP contribution in [-0.2, 0) is 13.0 Å². The number of carbonyl (C=O) groups excluding carboxylic acids is 1. The Labute approximate surface area is 218 Å². The molecule has 0 aliphatic carbocycles.